The summed E-state index contributed by atoms with van der Waals surface area (Å²) >= 11 is 13.4. The number of amides is 2. The summed E-state index contributed by atoms with van der Waals surface area (Å²) < 4.78 is 26.8. The summed E-state index contributed by atoms with van der Waals surface area (Å²) in [6.07, 6.45) is 0.183. The van der Waals surface area contributed by atoms with Crippen molar-refractivity contribution >= 4 is 58.2 Å². The number of hydrogen-bond acceptors (Lipinski definition) is 4. The van der Waals surface area contributed by atoms with E-state index in [1.165, 1.54) is 41.3 Å². The number of halogens is 4. The normalized spacial score (nSPS) is 16.7. The summed E-state index contributed by atoms with van der Waals surface area (Å²) in [5.41, 5.74) is 0.867. The molecule has 3 aromatic rings. The van der Waals surface area contributed by atoms with Crippen LogP contribution < -0.4 is 10.2 Å². The third-order valence-electron chi connectivity index (χ3n) is 5.11. The van der Waals surface area contributed by atoms with Crippen molar-refractivity contribution < 1.29 is 18.4 Å². The average molecular weight is 530 g/mol. The molecule has 1 N–H and O–H groups in total. The van der Waals surface area contributed by atoms with Gasteiger partial charge in [-0.25, -0.2) is 8.78 Å². The van der Waals surface area contributed by atoms with Crippen LogP contribution in [0.25, 0.3) is 0 Å². The summed E-state index contributed by atoms with van der Waals surface area (Å²) in [6.45, 7) is 0. The van der Waals surface area contributed by atoms with Crippen LogP contribution in [0.5, 0.6) is 0 Å². The predicted molar refractivity (Wildman–Crippen MR) is 133 cm³/mol. The zero-order chi connectivity index (χ0) is 25.1. The zero-order valence-corrected chi connectivity index (χ0v) is 20.1. The number of nitrogens with zero attached hydrogens (tertiary/aromatic N) is 2. The van der Waals surface area contributed by atoms with E-state index in [0.29, 0.717) is 21.3 Å². The molecule has 1 saturated heterocycles. The molecule has 0 spiro atoms. The Kier molecular flexibility index (Phi) is 7.41. The summed E-state index contributed by atoms with van der Waals surface area (Å²) in [4.78, 5) is 27.7. The van der Waals surface area contributed by atoms with Gasteiger partial charge in [0.05, 0.1) is 5.25 Å². The van der Waals surface area contributed by atoms with E-state index in [9.17, 15) is 23.6 Å². The second-order valence-electron chi connectivity index (χ2n) is 7.45. The van der Waals surface area contributed by atoms with Gasteiger partial charge in [0, 0.05) is 21.4 Å². The Hall–Kier alpha value is -3.38. The first-order valence-corrected chi connectivity index (χ1v) is 11.8. The minimum atomic E-state index is -0.775. The molecular weight excluding hydrogens is 515 g/mol. The molecule has 0 unspecified atom stereocenters. The SMILES string of the molecule is N#C/C(C(=O)Nc1ccc(F)cc1)=C1\S[C@@H](Cc2cc(Cl)ccc2Cl)C(=O)N1c1ccc(F)cc1. The lowest BCUT2D eigenvalue weighted by atomic mass is 10.1. The van der Waals surface area contributed by atoms with E-state index in [-0.39, 0.29) is 22.7 Å². The lowest BCUT2D eigenvalue weighted by Crippen LogP contribution is -2.31. The molecule has 0 bridgehead atoms. The number of nitrogens with one attached hydrogen (secondary N) is 1. The molecule has 0 aromatic heterocycles. The van der Waals surface area contributed by atoms with Crippen molar-refractivity contribution in [2.45, 2.75) is 11.7 Å². The number of hydrogen-bond donors (Lipinski definition) is 1. The first kappa shape index (κ1) is 24.7. The molecule has 35 heavy (non-hydrogen) atoms. The number of nitriles is 1. The molecule has 5 nitrogen and oxygen atoms in total. The molecule has 176 valence electrons. The first-order chi connectivity index (χ1) is 16.8. The van der Waals surface area contributed by atoms with Crippen molar-refractivity contribution in [1.82, 2.24) is 0 Å². The van der Waals surface area contributed by atoms with Gasteiger partial charge in [-0.05, 0) is 78.7 Å². The van der Waals surface area contributed by atoms with E-state index in [1.54, 1.807) is 18.2 Å². The topological polar surface area (TPSA) is 73.2 Å². The van der Waals surface area contributed by atoms with Crippen LogP contribution in [-0.4, -0.2) is 17.1 Å². The quantitative estimate of drug-likeness (QED) is 0.309. The highest BCUT2D eigenvalue weighted by molar-refractivity contribution is 8.05. The van der Waals surface area contributed by atoms with Crippen molar-refractivity contribution in [3.05, 3.63) is 105 Å². The van der Waals surface area contributed by atoms with Crippen molar-refractivity contribution in [2.24, 2.45) is 0 Å². The molecule has 3 aromatic carbocycles. The van der Waals surface area contributed by atoms with E-state index >= 15 is 0 Å². The summed E-state index contributed by atoms with van der Waals surface area (Å²) in [6, 6.07) is 16.9. The maximum atomic E-state index is 13.5. The van der Waals surface area contributed by atoms with Crippen molar-refractivity contribution in [1.29, 1.82) is 5.26 Å². The third-order valence-corrected chi connectivity index (χ3v) is 6.97. The molecule has 1 atom stereocenters. The Labute approximate surface area is 213 Å². The summed E-state index contributed by atoms with van der Waals surface area (Å²) in [5.74, 6) is -2.17. The number of thioether (sulfide) groups is 1. The van der Waals surface area contributed by atoms with Crippen LogP contribution in [-0.2, 0) is 16.0 Å². The van der Waals surface area contributed by atoms with E-state index in [2.05, 4.69) is 5.32 Å². The number of benzene rings is 3. The minimum Gasteiger partial charge on any atom is -0.321 e. The van der Waals surface area contributed by atoms with Gasteiger partial charge in [-0.2, -0.15) is 5.26 Å². The van der Waals surface area contributed by atoms with Crippen molar-refractivity contribution in [3.8, 4) is 6.07 Å². The Morgan fingerprint density at radius 1 is 1.03 bits per heavy atom. The summed E-state index contributed by atoms with van der Waals surface area (Å²) in [7, 11) is 0. The van der Waals surface area contributed by atoms with Crippen LogP contribution in [0.4, 0.5) is 20.2 Å². The number of carbonyl (C=O) groups is 2. The highest BCUT2D eigenvalue weighted by atomic mass is 35.5. The standard InChI is InChI=1S/C25H15Cl2F2N3O2S/c26-15-1-10-21(27)14(11-15)12-22-24(34)32(19-8-4-17(29)5-9-19)25(35-22)20(13-30)23(33)31-18-6-2-16(28)3-7-18/h1-11,22H,12H2,(H,31,33)/b25-20+/t22-/m0/s1. The smallest absolute Gasteiger partial charge is 0.269 e. The lowest BCUT2D eigenvalue weighted by Gasteiger charge is -2.18. The third kappa shape index (κ3) is 5.49. The molecule has 10 heteroatoms. The highest BCUT2D eigenvalue weighted by Gasteiger charge is 2.41. The van der Waals surface area contributed by atoms with Crippen LogP contribution in [0.3, 0.4) is 0 Å². The Bertz CT molecular complexity index is 1370. The van der Waals surface area contributed by atoms with E-state index < -0.39 is 28.7 Å². The molecule has 1 fully saturated rings. The Morgan fingerprint density at radius 2 is 1.66 bits per heavy atom. The largest absolute Gasteiger partial charge is 0.321 e. The number of rotatable bonds is 5. The van der Waals surface area contributed by atoms with Gasteiger partial charge in [0.15, 0.2) is 0 Å². The second kappa shape index (κ2) is 10.5. The van der Waals surface area contributed by atoms with Crippen LogP contribution >= 0.6 is 35.0 Å². The number of carbonyl (C=O) groups excluding carboxylic acids is 2. The zero-order valence-electron chi connectivity index (χ0n) is 17.8. The molecule has 4 rings (SSSR count). The average Bonchev–Trinajstić information content (AvgIpc) is 3.14. The predicted octanol–water partition coefficient (Wildman–Crippen LogP) is 6.34. The van der Waals surface area contributed by atoms with Crippen molar-refractivity contribution in [2.75, 3.05) is 10.2 Å². The Balaban J connectivity index is 1.73. The molecular formula is C25H15Cl2F2N3O2S. The highest BCUT2D eigenvalue weighted by Crippen LogP contribution is 2.42. The minimum absolute atomic E-state index is 0.0897. The van der Waals surface area contributed by atoms with E-state index in [1.807, 2.05) is 6.07 Å². The van der Waals surface area contributed by atoms with E-state index in [0.717, 1.165) is 23.9 Å². The van der Waals surface area contributed by atoms with Crippen LogP contribution in [0.2, 0.25) is 10.0 Å². The lowest BCUT2D eigenvalue weighted by molar-refractivity contribution is -0.117. The molecule has 1 heterocycles. The van der Waals surface area contributed by atoms with E-state index in [4.69, 9.17) is 23.2 Å². The van der Waals surface area contributed by atoms with Gasteiger partial charge < -0.3 is 5.32 Å². The fraction of sp³-hybridized carbons (Fsp3) is 0.0800. The van der Waals surface area contributed by atoms with Crippen LogP contribution in [0.1, 0.15) is 5.56 Å². The molecule has 0 aliphatic carbocycles. The van der Waals surface area contributed by atoms with Gasteiger partial charge in [0.2, 0.25) is 5.91 Å². The van der Waals surface area contributed by atoms with Gasteiger partial charge in [0.1, 0.15) is 28.3 Å². The molecule has 0 saturated carbocycles. The van der Waals surface area contributed by atoms with Gasteiger partial charge in [-0.15, -0.1) is 0 Å². The van der Waals surface area contributed by atoms with Gasteiger partial charge in [-0.1, -0.05) is 35.0 Å². The molecule has 1 aliphatic rings. The van der Waals surface area contributed by atoms with Crippen LogP contribution in [0, 0.1) is 23.0 Å². The Morgan fingerprint density at radius 3 is 2.29 bits per heavy atom. The van der Waals surface area contributed by atoms with Gasteiger partial charge in [0.25, 0.3) is 5.91 Å². The van der Waals surface area contributed by atoms with Gasteiger partial charge in [-0.3, -0.25) is 14.5 Å². The molecule has 2 amide bonds. The fourth-order valence-corrected chi connectivity index (χ4v) is 5.12. The first-order valence-electron chi connectivity index (χ1n) is 10.2. The second-order valence-corrected chi connectivity index (χ2v) is 9.48. The molecule has 0 radical (unpaired) electrons. The van der Waals surface area contributed by atoms with Crippen molar-refractivity contribution in [3.63, 3.8) is 0 Å². The van der Waals surface area contributed by atoms with Gasteiger partial charge >= 0.3 is 0 Å². The maximum absolute atomic E-state index is 13.5. The van der Waals surface area contributed by atoms with Crippen LogP contribution in [0.15, 0.2) is 77.3 Å². The summed E-state index contributed by atoms with van der Waals surface area (Å²) in [5, 5.41) is 12.6. The maximum Gasteiger partial charge on any atom is 0.269 e. The molecule has 1 aliphatic heterocycles. The number of anilines is 2. The monoisotopic (exact) mass is 529 g/mol. The fourth-order valence-electron chi connectivity index (χ4n) is 3.44.